The molecular weight excluding hydrogens is 402 g/mol. The topological polar surface area (TPSA) is 23.8 Å². The molecule has 0 N–H and O–H groups in total. The fourth-order valence-corrected chi connectivity index (χ4v) is 4.53. The molecule has 0 saturated heterocycles. The Kier molecular flexibility index (Phi) is 7.90. The van der Waals surface area contributed by atoms with E-state index in [1.54, 1.807) is 0 Å². The Labute approximate surface area is 181 Å². The SMILES string of the molecule is C/C=C/CCC1CCC(c2cc(F)c(CCc3cc(F)c(C#N)c(F)c3)c(F)c2)CC1. The zero-order chi connectivity index (χ0) is 22.4. The van der Waals surface area contributed by atoms with E-state index in [0.29, 0.717) is 11.5 Å². The summed E-state index contributed by atoms with van der Waals surface area (Å²) in [6, 6.07) is 6.39. The van der Waals surface area contributed by atoms with Crippen molar-refractivity contribution < 1.29 is 17.6 Å². The minimum absolute atomic E-state index is 0.0135. The summed E-state index contributed by atoms with van der Waals surface area (Å²) in [6.45, 7) is 2.02. The van der Waals surface area contributed by atoms with Crippen molar-refractivity contribution in [2.24, 2.45) is 5.92 Å². The lowest BCUT2D eigenvalue weighted by Crippen LogP contribution is -2.14. The molecule has 0 heterocycles. The van der Waals surface area contributed by atoms with Crippen LogP contribution in [0.3, 0.4) is 0 Å². The van der Waals surface area contributed by atoms with Crippen LogP contribution in [-0.2, 0) is 12.8 Å². The third kappa shape index (κ3) is 5.76. The van der Waals surface area contributed by atoms with E-state index in [9.17, 15) is 17.6 Å². The van der Waals surface area contributed by atoms with E-state index in [1.165, 1.54) is 18.2 Å². The number of benzene rings is 2. The van der Waals surface area contributed by atoms with E-state index in [-0.39, 0.29) is 29.9 Å². The minimum Gasteiger partial charge on any atom is -0.207 e. The highest BCUT2D eigenvalue weighted by Gasteiger charge is 2.24. The smallest absolute Gasteiger partial charge is 0.144 e. The molecule has 1 fully saturated rings. The minimum atomic E-state index is -0.963. The molecule has 2 aromatic carbocycles. The summed E-state index contributed by atoms with van der Waals surface area (Å²) in [4.78, 5) is 0. The Hall–Kier alpha value is -2.61. The van der Waals surface area contributed by atoms with Gasteiger partial charge in [0.2, 0.25) is 0 Å². The maximum absolute atomic E-state index is 14.7. The molecule has 0 unspecified atom stereocenters. The van der Waals surface area contributed by atoms with Gasteiger partial charge in [-0.15, -0.1) is 0 Å². The normalized spacial score (nSPS) is 19.0. The maximum Gasteiger partial charge on any atom is 0.144 e. The Morgan fingerprint density at radius 3 is 2.06 bits per heavy atom. The standard InChI is InChI=1S/C26H27F4N/c1-2-3-4-5-17-6-9-19(10-7-17)20-14-25(29)21(26(30)15-20)11-8-18-12-23(27)22(16-31)24(28)13-18/h2-3,12-15,17,19H,4-11H2,1H3/b3-2+. The van der Waals surface area contributed by atoms with Crippen molar-refractivity contribution in [2.45, 2.75) is 64.2 Å². The van der Waals surface area contributed by atoms with E-state index in [0.717, 1.165) is 50.7 Å². The molecule has 5 heteroatoms. The number of rotatable bonds is 7. The highest BCUT2D eigenvalue weighted by molar-refractivity contribution is 5.36. The van der Waals surface area contributed by atoms with Crippen LogP contribution >= 0.6 is 0 Å². The second kappa shape index (κ2) is 10.6. The fourth-order valence-electron chi connectivity index (χ4n) is 4.53. The Bertz CT molecular complexity index is 935. The van der Waals surface area contributed by atoms with Crippen LogP contribution in [0, 0.1) is 40.5 Å². The second-order valence-electron chi connectivity index (χ2n) is 8.37. The molecule has 0 atom stereocenters. The van der Waals surface area contributed by atoms with Crippen LogP contribution in [0.5, 0.6) is 0 Å². The average molecular weight is 430 g/mol. The van der Waals surface area contributed by atoms with Crippen LogP contribution in [0.2, 0.25) is 0 Å². The molecule has 1 saturated carbocycles. The lowest BCUT2D eigenvalue weighted by atomic mass is 9.77. The molecule has 0 spiro atoms. The van der Waals surface area contributed by atoms with Crippen LogP contribution < -0.4 is 0 Å². The van der Waals surface area contributed by atoms with Crippen LogP contribution in [0.4, 0.5) is 17.6 Å². The number of aryl methyl sites for hydroxylation is 1. The van der Waals surface area contributed by atoms with Gasteiger partial charge in [0.15, 0.2) is 0 Å². The number of hydrogen-bond donors (Lipinski definition) is 0. The van der Waals surface area contributed by atoms with Gasteiger partial charge in [0.1, 0.15) is 34.9 Å². The van der Waals surface area contributed by atoms with Crippen molar-refractivity contribution in [3.05, 3.63) is 81.9 Å². The summed E-state index contributed by atoms with van der Waals surface area (Å²) < 4.78 is 56.9. The first kappa shape index (κ1) is 23.1. The average Bonchev–Trinajstić information content (AvgIpc) is 2.73. The molecule has 1 aliphatic rings. The lowest BCUT2D eigenvalue weighted by Gasteiger charge is -2.29. The largest absolute Gasteiger partial charge is 0.207 e. The maximum atomic E-state index is 14.7. The first-order valence-electron chi connectivity index (χ1n) is 10.9. The van der Waals surface area contributed by atoms with Gasteiger partial charge in [0.05, 0.1) is 0 Å². The van der Waals surface area contributed by atoms with Crippen molar-refractivity contribution in [2.75, 3.05) is 0 Å². The summed E-state index contributed by atoms with van der Waals surface area (Å²) in [5.74, 6) is -2.31. The predicted molar refractivity (Wildman–Crippen MR) is 114 cm³/mol. The molecule has 3 rings (SSSR count). The van der Waals surface area contributed by atoms with Gasteiger partial charge in [-0.2, -0.15) is 5.26 Å². The number of allylic oxidation sites excluding steroid dienone is 2. The van der Waals surface area contributed by atoms with Gasteiger partial charge in [0.25, 0.3) is 0 Å². The molecule has 0 aromatic heterocycles. The summed E-state index contributed by atoms with van der Waals surface area (Å²) in [5, 5.41) is 8.74. The lowest BCUT2D eigenvalue weighted by molar-refractivity contribution is 0.311. The predicted octanol–water partition coefficient (Wildman–Crippen LogP) is 7.53. The molecular formula is C26H27F4N. The molecule has 31 heavy (non-hydrogen) atoms. The van der Waals surface area contributed by atoms with Crippen LogP contribution in [0.1, 0.15) is 73.6 Å². The Balaban J connectivity index is 1.64. The van der Waals surface area contributed by atoms with Crippen molar-refractivity contribution in [1.82, 2.24) is 0 Å². The second-order valence-corrected chi connectivity index (χ2v) is 8.37. The van der Waals surface area contributed by atoms with Crippen LogP contribution in [-0.4, -0.2) is 0 Å². The quantitative estimate of drug-likeness (QED) is 0.330. The molecule has 0 bridgehead atoms. The van der Waals surface area contributed by atoms with Gasteiger partial charge in [-0.3, -0.25) is 0 Å². The zero-order valence-electron chi connectivity index (χ0n) is 17.7. The number of halogens is 4. The van der Waals surface area contributed by atoms with Gasteiger partial charge in [-0.1, -0.05) is 12.2 Å². The molecule has 0 amide bonds. The molecule has 1 nitrogen and oxygen atoms in total. The van der Waals surface area contributed by atoms with E-state index in [4.69, 9.17) is 5.26 Å². The molecule has 164 valence electrons. The van der Waals surface area contributed by atoms with Gasteiger partial charge >= 0.3 is 0 Å². The molecule has 0 aliphatic heterocycles. The van der Waals surface area contributed by atoms with Crippen LogP contribution in [0.25, 0.3) is 0 Å². The first-order chi connectivity index (χ1) is 14.9. The number of nitriles is 1. The summed E-state index contributed by atoms with van der Waals surface area (Å²) in [6.07, 6.45) is 10.6. The van der Waals surface area contributed by atoms with Gasteiger partial charge < -0.3 is 0 Å². The first-order valence-corrected chi connectivity index (χ1v) is 10.9. The van der Waals surface area contributed by atoms with Crippen molar-refractivity contribution in [3.63, 3.8) is 0 Å². The summed E-state index contributed by atoms with van der Waals surface area (Å²) in [7, 11) is 0. The van der Waals surface area contributed by atoms with E-state index >= 15 is 0 Å². The third-order valence-electron chi connectivity index (χ3n) is 6.34. The number of nitrogens with zero attached hydrogens (tertiary/aromatic N) is 1. The molecule has 2 aromatic rings. The van der Waals surface area contributed by atoms with Crippen molar-refractivity contribution >= 4 is 0 Å². The fraction of sp³-hybridized carbons (Fsp3) is 0.423. The summed E-state index contributed by atoms with van der Waals surface area (Å²) in [5.41, 5.74) is 0.227. The monoisotopic (exact) mass is 429 g/mol. The van der Waals surface area contributed by atoms with E-state index in [2.05, 4.69) is 12.2 Å². The van der Waals surface area contributed by atoms with Crippen molar-refractivity contribution in [1.29, 1.82) is 5.26 Å². The van der Waals surface area contributed by atoms with Gasteiger partial charge in [-0.25, -0.2) is 17.6 Å². The Morgan fingerprint density at radius 1 is 0.903 bits per heavy atom. The van der Waals surface area contributed by atoms with Gasteiger partial charge in [0, 0.05) is 5.56 Å². The third-order valence-corrected chi connectivity index (χ3v) is 6.34. The van der Waals surface area contributed by atoms with Crippen molar-refractivity contribution in [3.8, 4) is 6.07 Å². The molecule has 0 radical (unpaired) electrons. The highest BCUT2D eigenvalue weighted by atomic mass is 19.1. The molecule has 1 aliphatic carbocycles. The van der Waals surface area contributed by atoms with E-state index in [1.807, 2.05) is 6.92 Å². The zero-order valence-corrected chi connectivity index (χ0v) is 17.7. The van der Waals surface area contributed by atoms with E-state index < -0.39 is 28.8 Å². The Morgan fingerprint density at radius 2 is 1.52 bits per heavy atom. The summed E-state index contributed by atoms with van der Waals surface area (Å²) >= 11 is 0. The van der Waals surface area contributed by atoms with Crippen LogP contribution in [0.15, 0.2) is 36.4 Å². The van der Waals surface area contributed by atoms with Gasteiger partial charge in [-0.05, 0) is 106 Å². The highest BCUT2D eigenvalue weighted by Crippen LogP contribution is 2.38. The number of hydrogen-bond acceptors (Lipinski definition) is 1.